The van der Waals surface area contributed by atoms with Crippen LogP contribution in [0.1, 0.15) is 0 Å². The van der Waals surface area contributed by atoms with Crippen molar-refractivity contribution < 1.29 is 29.9 Å². The normalized spacial score (nSPS) is 20.7. The minimum atomic E-state index is -3.53. The quantitative estimate of drug-likeness (QED) is 0.646. The molecule has 2 unspecified atom stereocenters. The van der Waals surface area contributed by atoms with Gasteiger partial charge in [-0.25, -0.2) is 4.31 Å². The Balaban J connectivity index is 0.00000192. The maximum Gasteiger partial charge on any atom is 0.326 e. The van der Waals surface area contributed by atoms with Crippen LogP contribution in [0, 0.1) is 0 Å². The highest BCUT2D eigenvalue weighted by atomic mass is 35.5. The van der Waals surface area contributed by atoms with Gasteiger partial charge in [-0.15, -0.1) is 0 Å². The fraction of sp³-hybridized carbons (Fsp3) is 0.188. The highest BCUT2D eigenvalue weighted by Crippen LogP contribution is 2.21. The van der Waals surface area contributed by atoms with Crippen LogP contribution in [0.5, 0.6) is 0 Å². The molecule has 0 bridgehead atoms. The minimum Gasteiger partial charge on any atom is -1.00 e. The molecule has 1 aliphatic rings. The first-order valence-corrected chi connectivity index (χ1v) is 9.49. The first-order valence-electron chi connectivity index (χ1n) is 6.96. The van der Waals surface area contributed by atoms with Crippen LogP contribution in [0.15, 0.2) is 59.5 Å². The van der Waals surface area contributed by atoms with E-state index in [1.54, 1.807) is 24.3 Å². The van der Waals surface area contributed by atoms with Crippen LogP contribution in [0.2, 0.25) is 0 Å². The molecular weight excluding hydrogens is 354 g/mol. The Hall–Kier alpha value is -1.34. The second-order valence-corrected chi connectivity index (χ2v) is 8.29. The van der Waals surface area contributed by atoms with Gasteiger partial charge in [0.1, 0.15) is 11.4 Å². The van der Waals surface area contributed by atoms with Gasteiger partial charge in [-0.2, -0.15) is 8.42 Å². The fourth-order valence-corrected chi connectivity index (χ4v) is 5.75. The van der Waals surface area contributed by atoms with Gasteiger partial charge >= 0.3 is 10.0 Å². The largest absolute Gasteiger partial charge is 1.00 e. The van der Waals surface area contributed by atoms with E-state index in [0.29, 0.717) is 16.6 Å². The summed E-state index contributed by atoms with van der Waals surface area (Å²) in [5.74, 6) is 0.681. The molecule has 2 atom stereocenters. The van der Waals surface area contributed by atoms with Crippen molar-refractivity contribution in [2.45, 2.75) is 10.3 Å². The highest BCUT2D eigenvalue weighted by Gasteiger charge is 2.39. The van der Waals surface area contributed by atoms with Crippen molar-refractivity contribution in [3.8, 4) is 11.1 Å². The highest BCUT2D eigenvalue weighted by molar-refractivity contribution is 8.01. The van der Waals surface area contributed by atoms with Crippen molar-refractivity contribution in [3.63, 3.8) is 0 Å². The molecule has 0 spiro atoms. The molecule has 1 saturated heterocycles. The first kappa shape index (κ1) is 18.0. The third kappa shape index (κ3) is 3.61. The second kappa shape index (κ2) is 7.49. The molecule has 2 aromatic carbocycles. The Kier molecular flexibility index (Phi) is 5.86. The number of benzene rings is 2. The van der Waals surface area contributed by atoms with E-state index >= 15 is 0 Å². The van der Waals surface area contributed by atoms with E-state index in [9.17, 15) is 13.2 Å². The average molecular weight is 370 g/mol. The number of nitrogens with one attached hydrogen (secondary N) is 1. The average Bonchev–Trinajstić information content (AvgIpc) is 3.05. The molecule has 1 aliphatic heterocycles. The van der Waals surface area contributed by atoms with Crippen molar-refractivity contribution in [1.82, 2.24) is 0 Å². The number of carbonyl (C=O) groups excluding carboxylic acids is 1. The van der Waals surface area contributed by atoms with Gasteiger partial charge in [0, 0.05) is 0 Å². The van der Waals surface area contributed by atoms with E-state index in [1.165, 1.54) is 11.8 Å². The van der Waals surface area contributed by atoms with Crippen LogP contribution in [0.4, 0.5) is 0 Å². The Morgan fingerprint density at radius 2 is 1.61 bits per heavy atom. The summed E-state index contributed by atoms with van der Waals surface area (Å²) in [6.45, 7) is 0.455. The summed E-state index contributed by atoms with van der Waals surface area (Å²) in [6, 6.07) is 16.6. The standard InChI is InChI=1S/C16H15NO3S2.ClH/c18-12-16-17(10-11-21-16)22(19,20)15-8-6-14(7-9-15)13-4-2-1-3-5-13;/h1-9,12,16H,10-11H2;1H. The number of hydrogen-bond donors (Lipinski definition) is 1. The number of carbonyl (C=O) groups is 1. The number of sulfonamides is 1. The summed E-state index contributed by atoms with van der Waals surface area (Å²) in [4.78, 5) is 11.3. The van der Waals surface area contributed by atoms with E-state index in [1.807, 2.05) is 30.3 Å². The molecule has 0 aliphatic carbocycles. The predicted molar refractivity (Wildman–Crippen MR) is 87.2 cm³/mol. The van der Waals surface area contributed by atoms with Gasteiger partial charge in [-0.05, 0) is 23.3 Å². The lowest BCUT2D eigenvalue weighted by molar-refractivity contribution is -0.759. The van der Waals surface area contributed by atoms with Gasteiger partial charge in [0.05, 0.1) is 5.75 Å². The predicted octanol–water partition coefficient (Wildman–Crippen LogP) is -1.80. The molecule has 1 heterocycles. The van der Waals surface area contributed by atoms with Crippen molar-refractivity contribution in [2.75, 3.05) is 12.3 Å². The fourth-order valence-electron chi connectivity index (χ4n) is 2.53. The van der Waals surface area contributed by atoms with Crippen molar-refractivity contribution >= 4 is 28.1 Å². The minimum absolute atomic E-state index is 0. The number of halogens is 1. The van der Waals surface area contributed by atoms with Crippen LogP contribution in [-0.4, -0.2) is 32.4 Å². The third-order valence-corrected chi connectivity index (χ3v) is 7.09. The lowest BCUT2D eigenvalue weighted by Crippen LogP contribution is -3.15. The summed E-state index contributed by atoms with van der Waals surface area (Å²) in [5, 5.41) is -0.529. The zero-order chi connectivity index (χ0) is 15.6. The molecule has 2 aromatic rings. The van der Waals surface area contributed by atoms with Gasteiger partial charge in [0.2, 0.25) is 5.37 Å². The molecule has 4 nitrogen and oxygen atoms in total. The van der Waals surface area contributed by atoms with Crippen molar-refractivity contribution in [1.29, 1.82) is 0 Å². The summed E-state index contributed by atoms with van der Waals surface area (Å²) in [5.41, 5.74) is 2.01. The molecule has 1 N–H and O–H groups in total. The van der Waals surface area contributed by atoms with Gasteiger partial charge in [0.25, 0.3) is 0 Å². The van der Waals surface area contributed by atoms with E-state index < -0.39 is 15.4 Å². The monoisotopic (exact) mass is 369 g/mol. The number of aldehydes is 1. The summed E-state index contributed by atoms with van der Waals surface area (Å²) < 4.78 is 25.6. The number of rotatable bonds is 4. The van der Waals surface area contributed by atoms with Gasteiger partial charge in [0.15, 0.2) is 6.29 Å². The summed E-state index contributed by atoms with van der Waals surface area (Å²) in [6.07, 6.45) is 0.725. The van der Waals surface area contributed by atoms with Gasteiger partial charge in [-0.1, -0.05) is 54.2 Å². The third-order valence-electron chi connectivity index (χ3n) is 3.70. The van der Waals surface area contributed by atoms with Crippen LogP contribution < -0.4 is 16.7 Å². The lowest BCUT2D eigenvalue weighted by atomic mass is 10.1. The molecule has 1 fully saturated rings. The molecule has 0 amide bonds. The molecule has 3 rings (SSSR count). The molecule has 23 heavy (non-hydrogen) atoms. The van der Waals surface area contributed by atoms with Crippen LogP contribution in [0.3, 0.4) is 0 Å². The first-order chi connectivity index (χ1) is 10.6. The zero-order valence-electron chi connectivity index (χ0n) is 12.2. The van der Waals surface area contributed by atoms with E-state index in [0.717, 1.165) is 17.4 Å². The van der Waals surface area contributed by atoms with Crippen molar-refractivity contribution in [3.05, 3.63) is 54.6 Å². The SMILES string of the molecule is O=CC1SCC[NH+]1S(=O)(=O)c1ccc(-c2ccccc2)cc1.[Cl-]. The van der Waals surface area contributed by atoms with Crippen LogP contribution in [-0.2, 0) is 14.8 Å². The van der Waals surface area contributed by atoms with Crippen molar-refractivity contribution in [2.24, 2.45) is 0 Å². The van der Waals surface area contributed by atoms with Gasteiger partial charge < -0.3 is 12.4 Å². The maximum absolute atomic E-state index is 12.6. The Labute approximate surface area is 146 Å². The lowest BCUT2D eigenvalue weighted by Gasteiger charge is -2.16. The van der Waals surface area contributed by atoms with E-state index in [4.69, 9.17) is 0 Å². The molecule has 7 heteroatoms. The van der Waals surface area contributed by atoms with Gasteiger partial charge in [-0.3, -0.25) is 4.79 Å². The summed E-state index contributed by atoms with van der Waals surface area (Å²) in [7, 11) is -3.53. The number of hydrogen-bond acceptors (Lipinski definition) is 4. The topological polar surface area (TPSA) is 55.6 Å². The Bertz CT molecular complexity index is 764. The molecule has 0 aromatic heterocycles. The molecule has 0 radical (unpaired) electrons. The zero-order valence-corrected chi connectivity index (χ0v) is 14.6. The smallest absolute Gasteiger partial charge is 0.326 e. The Morgan fingerprint density at radius 3 is 2.22 bits per heavy atom. The molecule has 0 saturated carbocycles. The maximum atomic E-state index is 12.6. The summed E-state index contributed by atoms with van der Waals surface area (Å²) >= 11 is 1.39. The second-order valence-electron chi connectivity index (χ2n) is 5.04. The van der Waals surface area contributed by atoms with Crippen LogP contribution >= 0.6 is 11.8 Å². The number of quaternary nitrogens is 1. The number of thioether (sulfide) groups is 1. The molecular formula is C16H16ClNO3S2. The van der Waals surface area contributed by atoms with E-state index in [-0.39, 0.29) is 17.3 Å². The molecule has 122 valence electrons. The van der Waals surface area contributed by atoms with E-state index in [2.05, 4.69) is 0 Å². The van der Waals surface area contributed by atoms with Crippen LogP contribution in [0.25, 0.3) is 11.1 Å². The Morgan fingerprint density at radius 1 is 1.00 bits per heavy atom.